The van der Waals surface area contributed by atoms with Crippen LogP contribution in [0.15, 0.2) is 30.5 Å². The summed E-state index contributed by atoms with van der Waals surface area (Å²) in [7, 11) is 2.08. The van der Waals surface area contributed by atoms with Crippen molar-refractivity contribution in [3.8, 4) is 0 Å². The Hall–Kier alpha value is -1.81. The van der Waals surface area contributed by atoms with Gasteiger partial charge in [0.15, 0.2) is 0 Å². The summed E-state index contributed by atoms with van der Waals surface area (Å²) in [6.07, 6.45) is 7.53. The molecule has 1 N–H and O–H groups in total. The molecule has 4 heteroatoms. The Morgan fingerprint density at radius 1 is 1.25 bits per heavy atom. The minimum atomic E-state index is -0.520. The largest absolute Gasteiger partial charge is 0.390 e. The summed E-state index contributed by atoms with van der Waals surface area (Å²) in [5.74, 6) is 1.46. The second-order valence-corrected chi connectivity index (χ2v) is 10.4. The van der Waals surface area contributed by atoms with Crippen molar-refractivity contribution in [1.29, 1.82) is 0 Å². The number of aromatic nitrogens is 1. The molecule has 3 fully saturated rings. The van der Waals surface area contributed by atoms with Crippen molar-refractivity contribution in [2.45, 2.75) is 69.4 Å². The number of nitrogens with zero attached hydrogens (tertiary/aromatic N) is 2. The van der Waals surface area contributed by atoms with Crippen LogP contribution in [0.25, 0.3) is 10.9 Å². The van der Waals surface area contributed by atoms with Crippen molar-refractivity contribution in [2.24, 2.45) is 18.9 Å². The van der Waals surface area contributed by atoms with E-state index in [0.29, 0.717) is 18.3 Å². The average molecular weight is 381 g/mol. The van der Waals surface area contributed by atoms with Crippen molar-refractivity contribution in [1.82, 2.24) is 9.47 Å². The summed E-state index contributed by atoms with van der Waals surface area (Å²) in [5, 5.41) is 12.2. The highest BCUT2D eigenvalue weighted by atomic mass is 16.3. The molecule has 1 saturated heterocycles. The molecule has 2 aliphatic carbocycles. The van der Waals surface area contributed by atoms with Gasteiger partial charge in [0.1, 0.15) is 0 Å². The standard InChI is InChI=1S/C24H32N2O2/c1-23(2,20-15-25(3)21-7-5-4-6-19(20)21)13-22(27)26-14-16-8-9-24(28)11-17(16)10-18(26)12-24/h4-7,15-18,28H,8-14H2,1-3H3. The van der Waals surface area contributed by atoms with E-state index in [9.17, 15) is 9.90 Å². The molecule has 0 radical (unpaired) electrons. The zero-order valence-electron chi connectivity index (χ0n) is 17.3. The molecule has 0 spiro atoms. The van der Waals surface area contributed by atoms with E-state index in [-0.39, 0.29) is 17.4 Å². The molecule has 4 atom stereocenters. The molecule has 4 unspecified atom stereocenters. The Balaban J connectivity index is 1.40. The molecule has 28 heavy (non-hydrogen) atoms. The van der Waals surface area contributed by atoms with Crippen LogP contribution in [0.4, 0.5) is 0 Å². The number of hydrogen-bond acceptors (Lipinski definition) is 2. The number of piperidine rings is 1. The number of hydrogen-bond donors (Lipinski definition) is 1. The molecular formula is C24H32N2O2. The number of rotatable bonds is 3. The Morgan fingerprint density at radius 2 is 2.04 bits per heavy atom. The van der Waals surface area contributed by atoms with E-state index >= 15 is 0 Å². The van der Waals surface area contributed by atoms with Crippen LogP contribution in [0.1, 0.15) is 57.9 Å². The van der Waals surface area contributed by atoms with Gasteiger partial charge in [-0.05, 0) is 55.6 Å². The Bertz CT molecular complexity index is 930. The minimum Gasteiger partial charge on any atom is -0.390 e. The van der Waals surface area contributed by atoms with E-state index in [1.165, 1.54) is 16.5 Å². The first kappa shape index (κ1) is 18.2. The third kappa shape index (κ3) is 2.80. The molecular weight excluding hydrogens is 348 g/mol. The highest BCUT2D eigenvalue weighted by molar-refractivity contribution is 5.86. The number of carbonyl (C=O) groups is 1. The van der Waals surface area contributed by atoms with Crippen LogP contribution in [0.5, 0.6) is 0 Å². The minimum absolute atomic E-state index is 0.223. The van der Waals surface area contributed by atoms with Crippen LogP contribution in [0, 0.1) is 11.8 Å². The molecule has 150 valence electrons. The average Bonchev–Trinajstić information content (AvgIpc) is 2.97. The van der Waals surface area contributed by atoms with Gasteiger partial charge >= 0.3 is 0 Å². The normalized spacial score (nSPS) is 32.1. The maximum Gasteiger partial charge on any atom is 0.223 e. The Kier molecular flexibility index (Phi) is 3.97. The van der Waals surface area contributed by atoms with Gasteiger partial charge in [-0.2, -0.15) is 0 Å². The summed E-state index contributed by atoms with van der Waals surface area (Å²) in [6.45, 7) is 5.29. The molecule has 3 aliphatic rings. The van der Waals surface area contributed by atoms with Crippen molar-refractivity contribution >= 4 is 16.8 Å². The van der Waals surface area contributed by atoms with Gasteiger partial charge in [-0.25, -0.2) is 0 Å². The summed E-state index contributed by atoms with van der Waals surface area (Å²) >= 11 is 0. The summed E-state index contributed by atoms with van der Waals surface area (Å²) in [4.78, 5) is 15.6. The molecule has 5 rings (SSSR count). The molecule has 1 aromatic carbocycles. The van der Waals surface area contributed by atoms with Crippen molar-refractivity contribution in [3.05, 3.63) is 36.0 Å². The smallest absolute Gasteiger partial charge is 0.223 e. The second kappa shape index (κ2) is 6.09. The molecule has 4 nitrogen and oxygen atoms in total. The van der Waals surface area contributed by atoms with E-state index in [1.807, 2.05) is 0 Å². The first-order valence-electron chi connectivity index (χ1n) is 10.8. The van der Waals surface area contributed by atoms with Gasteiger partial charge in [0.05, 0.1) is 5.60 Å². The quantitative estimate of drug-likeness (QED) is 0.875. The highest BCUT2D eigenvalue weighted by Crippen LogP contribution is 2.51. The van der Waals surface area contributed by atoms with Gasteiger partial charge in [-0.1, -0.05) is 32.0 Å². The fraction of sp³-hybridized carbons (Fsp3) is 0.625. The lowest BCUT2D eigenvalue weighted by Gasteiger charge is -2.56. The summed E-state index contributed by atoms with van der Waals surface area (Å²) in [5.41, 5.74) is 1.72. The van der Waals surface area contributed by atoms with Gasteiger partial charge in [-0.3, -0.25) is 4.79 Å². The topological polar surface area (TPSA) is 45.5 Å². The summed E-state index contributed by atoms with van der Waals surface area (Å²) in [6, 6.07) is 8.68. The number of aliphatic hydroxyl groups is 1. The monoisotopic (exact) mass is 380 g/mol. The van der Waals surface area contributed by atoms with Crippen LogP contribution in [-0.2, 0) is 17.3 Å². The van der Waals surface area contributed by atoms with Crippen LogP contribution in [0.3, 0.4) is 0 Å². The zero-order chi connectivity index (χ0) is 19.7. The van der Waals surface area contributed by atoms with Crippen LogP contribution in [0.2, 0.25) is 0 Å². The third-order valence-corrected chi connectivity index (χ3v) is 7.89. The molecule has 1 aliphatic heterocycles. The molecule has 2 heterocycles. The lowest BCUT2D eigenvalue weighted by molar-refractivity contribution is -0.157. The predicted molar refractivity (Wildman–Crippen MR) is 111 cm³/mol. The Morgan fingerprint density at radius 3 is 2.86 bits per heavy atom. The first-order valence-corrected chi connectivity index (χ1v) is 10.8. The molecule has 2 saturated carbocycles. The fourth-order valence-electron chi connectivity index (χ4n) is 6.42. The number of benzene rings is 1. The summed E-state index contributed by atoms with van der Waals surface area (Å²) < 4.78 is 2.16. The van der Waals surface area contributed by atoms with Gasteiger partial charge in [-0.15, -0.1) is 0 Å². The van der Waals surface area contributed by atoms with Crippen molar-refractivity contribution in [2.75, 3.05) is 6.54 Å². The van der Waals surface area contributed by atoms with Gasteiger partial charge in [0, 0.05) is 48.6 Å². The first-order chi connectivity index (χ1) is 13.3. The Labute approximate surface area is 167 Å². The van der Waals surface area contributed by atoms with E-state index in [4.69, 9.17) is 0 Å². The number of fused-ring (bicyclic) bond motifs is 3. The number of amides is 1. The zero-order valence-corrected chi connectivity index (χ0v) is 17.3. The number of likely N-dealkylation sites (tertiary alicyclic amines) is 1. The molecule has 2 aromatic rings. The van der Waals surface area contributed by atoms with Gasteiger partial charge in [0.2, 0.25) is 5.91 Å². The fourth-order valence-corrected chi connectivity index (χ4v) is 6.42. The van der Waals surface area contributed by atoms with E-state index < -0.39 is 5.60 Å². The van der Waals surface area contributed by atoms with E-state index in [1.54, 1.807) is 0 Å². The molecule has 3 bridgehead atoms. The predicted octanol–water partition coefficient (Wildman–Crippen LogP) is 4.00. The number of aryl methyl sites for hydroxylation is 1. The lowest BCUT2D eigenvalue weighted by atomic mass is 9.60. The maximum atomic E-state index is 13.4. The van der Waals surface area contributed by atoms with E-state index in [2.05, 4.69) is 60.8 Å². The van der Waals surface area contributed by atoms with Crippen molar-refractivity contribution in [3.63, 3.8) is 0 Å². The SMILES string of the molecule is Cn1cc(C(C)(C)CC(=O)N2CC3CCC4(O)CC3CC2C4)c2ccccc21. The molecule has 1 aromatic heterocycles. The number of carbonyl (C=O) groups excluding carboxylic acids is 1. The number of para-hydroxylation sites is 1. The maximum absolute atomic E-state index is 13.4. The molecule has 1 amide bonds. The lowest BCUT2D eigenvalue weighted by Crippen LogP contribution is -2.60. The highest BCUT2D eigenvalue weighted by Gasteiger charge is 2.52. The second-order valence-electron chi connectivity index (χ2n) is 10.4. The van der Waals surface area contributed by atoms with Crippen molar-refractivity contribution < 1.29 is 9.90 Å². The third-order valence-electron chi connectivity index (χ3n) is 7.89. The van der Waals surface area contributed by atoms with Crippen LogP contribution < -0.4 is 0 Å². The van der Waals surface area contributed by atoms with Crippen LogP contribution >= 0.6 is 0 Å². The van der Waals surface area contributed by atoms with E-state index in [0.717, 1.165) is 38.6 Å². The van der Waals surface area contributed by atoms with Crippen LogP contribution in [-0.4, -0.2) is 38.7 Å². The van der Waals surface area contributed by atoms with Gasteiger partial charge in [0.25, 0.3) is 0 Å². The van der Waals surface area contributed by atoms with Gasteiger partial charge < -0.3 is 14.6 Å².